The molecule has 0 saturated carbocycles. The molecule has 0 atom stereocenters. The van der Waals surface area contributed by atoms with Gasteiger partial charge in [-0.3, -0.25) is 4.98 Å². The Morgan fingerprint density at radius 1 is 1.17 bits per heavy atom. The second kappa shape index (κ2) is 3.53. The van der Waals surface area contributed by atoms with Crippen molar-refractivity contribution >= 4 is 17.0 Å². The second-order valence-electron chi connectivity index (χ2n) is 4.46. The fourth-order valence-electron chi connectivity index (χ4n) is 2.44. The van der Waals surface area contributed by atoms with Crippen molar-refractivity contribution in [2.24, 2.45) is 0 Å². The van der Waals surface area contributed by atoms with Gasteiger partial charge < -0.3 is 5.32 Å². The van der Waals surface area contributed by atoms with Gasteiger partial charge in [0.25, 0.3) is 0 Å². The highest BCUT2D eigenvalue weighted by atomic mass is 14.9. The van der Waals surface area contributed by atoms with Crippen LogP contribution in [-0.4, -0.2) is 9.97 Å². The molecule has 1 N–H and O–H groups in total. The van der Waals surface area contributed by atoms with E-state index in [1.165, 1.54) is 16.5 Å². The van der Waals surface area contributed by atoms with Gasteiger partial charge in [-0.25, -0.2) is 4.98 Å². The number of fused-ring (bicyclic) bond motifs is 4. The number of hydrogen-bond donors (Lipinski definition) is 1. The van der Waals surface area contributed by atoms with Crippen LogP contribution in [0.5, 0.6) is 0 Å². The molecule has 4 rings (SSSR count). The van der Waals surface area contributed by atoms with Crippen molar-refractivity contribution in [1.29, 1.82) is 0 Å². The summed E-state index contributed by atoms with van der Waals surface area (Å²) in [6.45, 7) is 0.822. The number of aromatic nitrogens is 2. The first-order chi connectivity index (χ1) is 8.92. The molecule has 86 valence electrons. The Balaban J connectivity index is 2.12. The summed E-state index contributed by atoms with van der Waals surface area (Å²) in [4.78, 5) is 9.14. The molecule has 0 spiro atoms. The lowest BCUT2D eigenvalue weighted by molar-refractivity contribution is 0.853. The largest absolute Gasteiger partial charge is 0.387 e. The lowest BCUT2D eigenvalue weighted by atomic mass is 10.1. The van der Waals surface area contributed by atoms with Crippen molar-refractivity contribution < 1.29 is 0 Å². The Kier molecular flexibility index (Phi) is 1.88. The summed E-state index contributed by atoms with van der Waals surface area (Å²) < 4.78 is 0. The molecule has 1 aromatic rings. The Hall–Kier alpha value is -2.42. The molecule has 0 amide bonds. The average Bonchev–Trinajstić information content (AvgIpc) is 2.65. The van der Waals surface area contributed by atoms with E-state index in [2.05, 4.69) is 33.5 Å². The summed E-state index contributed by atoms with van der Waals surface area (Å²) in [6, 6.07) is 10.4. The lowest BCUT2D eigenvalue weighted by Crippen LogP contribution is -2.09. The fraction of sp³-hybridized carbons (Fsp3) is 0.0667. The first-order valence-corrected chi connectivity index (χ1v) is 5.99. The third kappa shape index (κ3) is 1.31. The molecule has 0 radical (unpaired) electrons. The molecule has 1 aromatic carbocycles. The smallest absolute Gasteiger partial charge is 0.0899 e. The topological polar surface area (TPSA) is 37.8 Å². The van der Waals surface area contributed by atoms with Crippen LogP contribution in [0.4, 0.5) is 0 Å². The number of rotatable bonds is 0. The maximum atomic E-state index is 4.62. The quantitative estimate of drug-likeness (QED) is 0.648. The Labute approximate surface area is 105 Å². The molecule has 3 aliphatic heterocycles. The van der Waals surface area contributed by atoms with Crippen molar-refractivity contribution in [2.75, 3.05) is 0 Å². The molecule has 3 heteroatoms. The first kappa shape index (κ1) is 9.59. The summed E-state index contributed by atoms with van der Waals surface area (Å²) in [5.41, 5.74) is 5.41. The predicted molar refractivity (Wildman–Crippen MR) is 72.0 cm³/mol. The van der Waals surface area contributed by atoms with Crippen LogP contribution in [0, 0.1) is 0 Å². The predicted octanol–water partition coefficient (Wildman–Crippen LogP) is 2.81. The van der Waals surface area contributed by atoms with E-state index in [4.69, 9.17) is 0 Å². The Morgan fingerprint density at radius 3 is 3.11 bits per heavy atom. The highest BCUT2D eigenvalue weighted by Crippen LogP contribution is 2.31. The van der Waals surface area contributed by atoms with Crippen LogP contribution in [0.1, 0.15) is 11.3 Å². The average molecular weight is 233 g/mol. The normalized spacial score (nSPS) is 13.6. The number of nitrogens with zero attached hydrogens (tertiary/aromatic N) is 2. The van der Waals surface area contributed by atoms with E-state index < -0.39 is 0 Å². The van der Waals surface area contributed by atoms with Crippen LogP contribution < -0.4 is 5.32 Å². The van der Waals surface area contributed by atoms with E-state index in [-0.39, 0.29) is 0 Å². The fourth-order valence-corrected chi connectivity index (χ4v) is 2.44. The van der Waals surface area contributed by atoms with Crippen LogP contribution in [0.25, 0.3) is 28.2 Å². The van der Waals surface area contributed by atoms with Gasteiger partial charge in [0.2, 0.25) is 0 Å². The standard InChI is InChI=1S/C15H11N3/c1-2-4-14-11(3-1)12-7-10-8-16-6-5-13(10)17-9-15(12)18-14/h1-7,9,16H,8H2. The SMILES string of the molecule is C1=Cc2ncc3nc4ccccc4c-3cc2CN1. The van der Waals surface area contributed by atoms with Gasteiger partial charge in [0, 0.05) is 17.5 Å². The van der Waals surface area contributed by atoms with Crippen molar-refractivity contribution in [3.63, 3.8) is 0 Å². The molecule has 0 bridgehead atoms. The van der Waals surface area contributed by atoms with Crippen molar-refractivity contribution in [3.8, 4) is 11.3 Å². The minimum Gasteiger partial charge on any atom is -0.387 e. The number of nitrogens with one attached hydrogen (secondary N) is 1. The maximum Gasteiger partial charge on any atom is 0.0899 e. The molecule has 0 unspecified atom stereocenters. The van der Waals surface area contributed by atoms with Crippen LogP contribution in [0.2, 0.25) is 0 Å². The van der Waals surface area contributed by atoms with E-state index in [1.54, 1.807) is 0 Å². The van der Waals surface area contributed by atoms with Gasteiger partial charge in [0.05, 0.1) is 23.1 Å². The van der Waals surface area contributed by atoms with Gasteiger partial charge in [-0.1, -0.05) is 18.2 Å². The van der Waals surface area contributed by atoms with E-state index in [0.29, 0.717) is 0 Å². The highest BCUT2D eigenvalue weighted by Gasteiger charge is 2.13. The summed E-state index contributed by atoms with van der Waals surface area (Å²) in [6.07, 6.45) is 5.80. The molecule has 0 aromatic heterocycles. The second-order valence-corrected chi connectivity index (χ2v) is 4.46. The minimum absolute atomic E-state index is 0.822. The molecule has 3 heterocycles. The van der Waals surface area contributed by atoms with Crippen LogP contribution in [0.3, 0.4) is 0 Å². The van der Waals surface area contributed by atoms with E-state index in [1.807, 2.05) is 30.6 Å². The van der Waals surface area contributed by atoms with Gasteiger partial charge in [-0.15, -0.1) is 0 Å². The summed E-state index contributed by atoms with van der Waals surface area (Å²) >= 11 is 0. The molecule has 0 saturated heterocycles. The zero-order valence-corrected chi connectivity index (χ0v) is 9.72. The van der Waals surface area contributed by atoms with Crippen LogP contribution in [0.15, 0.2) is 42.7 Å². The third-order valence-electron chi connectivity index (χ3n) is 3.34. The monoisotopic (exact) mass is 233 g/mol. The molecule has 18 heavy (non-hydrogen) atoms. The molecule has 3 aliphatic rings. The Morgan fingerprint density at radius 2 is 2.11 bits per heavy atom. The zero-order valence-electron chi connectivity index (χ0n) is 9.72. The van der Waals surface area contributed by atoms with Gasteiger partial charge in [-0.05, 0) is 30.0 Å². The summed E-state index contributed by atoms with van der Waals surface area (Å²) in [5.74, 6) is 0. The molecular formula is C15H11N3. The van der Waals surface area contributed by atoms with Gasteiger partial charge in [0.15, 0.2) is 0 Å². The molecule has 0 fully saturated rings. The number of hydrogen-bond acceptors (Lipinski definition) is 3. The van der Waals surface area contributed by atoms with Gasteiger partial charge in [0.1, 0.15) is 0 Å². The zero-order chi connectivity index (χ0) is 11.9. The lowest BCUT2D eigenvalue weighted by Gasteiger charge is -2.07. The Bertz CT molecular complexity index is 746. The van der Waals surface area contributed by atoms with Gasteiger partial charge >= 0.3 is 0 Å². The van der Waals surface area contributed by atoms with Crippen molar-refractivity contribution in [1.82, 2.24) is 15.3 Å². The van der Waals surface area contributed by atoms with E-state index in [0.717, 1.165) is 23.4 Å². The van der Waals surface area contributed by atoms with Gasteiger partial charge in [-0.2, -0.15) is 0 Å². The first-order valence-electron chi connectivity index (χ1n) is 5.99. The number of para-hydroxylation sites is 1. The number of benzene rings is 1. The molecule has 0 aliphatic carbocycles. The minimum atomic E-state index is 0.822. The van der Waals surface area contributed by atoms with Crippen LogP contribution in [-0.2, 0) is 6.54 Å². The summed E-state index contributed by atoms with van der Waals surface area (Å²) in [5, 5.41) is 4.42. The van der Waals surface area contributed by atoms with Crippen molar-refractivity contribution in [2.45, 2.75) is 6.54 Å². The van der Waals surface area contributed by atoms with E-state index in [9.17, 15) is 0 Å². The third-order valence-corrected chi connectivity index (χ3v) is 3.34. The highest BCUT2D eigenvalue weighted by molar-refractivity contribution is 5.97. The van der Waals surface area contributed by atoms with Crippen LogP contribution >= 0.6 is 0 Å². The molecular weight excluding hydrogens is 222 g/mol. The maximum absolute atomic E-state index is 4.62. The summed E-state index contributed by atoms with van der Waals surface area (Å²) in [7, 11) is 0. The van der Waals surface area contributed by atoms with Crippen molar-refractivity contribution in [3.05, 3.63) is 54.0 Å². The molecule has 3 nitrogen and oxygen atoms in total. The van der Waals surface area contributed by atoms with E-state index >= 15 is 0 Å².